The van der Waals surface area contributed by atoms with Gasteiger partial charge in [0.1, 0.15) is 5.60 Å². The summed E-state index contributed by atoms with van der Waals surface area (Å²) >= 11 is 0. The second-order valence-corrected chi connectivity index (χ2v) is 12.4. The van der Waals surface area contributed by atoms with Crippen LogP contribution in [-0.2, 0) is 24.3 Å². The Hall–Kier alpha value is -5.16. The van der Waals surface area contributed by atoms with Gasteiger partial charge < -0.3 is 15.4 Å². The van der Waals surface area contributed by atoms with Gasteiger partial charge in [0.15, 0.2) is 0 Å². The molecule has 10 nitrogen and oxygen atoms in total. The molecule has 0 aliphatic rings. The van der Waals surface area contributed by atoms with Crippen LogP contribution in [-0.4, -0.2) is 35.9 Å². The van der Waals surface area contributed by atoms with E-state index in [2.05, 4.69) is 16.0 Å². The molecule has 3 amide bonds. The summed E-state index contributed by atoms with van der Waals surface area (Å²) in [6.45, 7) is 6.67. The number of benzene rings is 3. The summed E-state index contributed by atoms with van der Waals surface area (Å²) in [5.41, 5.74) is 2.80. The van der Waals surface area contributed by atoms with Crippen molar-refractivity contribution >= 4 is 51.1 Å². The molecule has 1 aromatic heterocycles. The lowest BCUT2D eigenvalue weighted by atomic mass is 10.1. The van der Waals surface area contributed by atoms with Gasteiger partial charge in [0.2, 0.25) is 11.8 Å². The second kappa shape index (κ2) is 12.8. The van der Waals surface area contributed by atoms with Crippen LogP contribution in [0.15, 0.2) is 102 Å². The highest BCUT2D eigenvalue weighted by atomic mass is 32.2. The largest absolute Gasteiger partial charge is 0.444 e. The highest BCUT2D eigenvalue weighted by Gasteiger charge is 2.18. The highest BCUT2D eigenvalue weighted by molar-refractivity contribution is 7.90. The molecule has 0 aliphatic heterocycles. The lowest BCUT2D eigenvalue weighted by Crippen LogP contribution is -2.27. The number of hydrogen-bond donors (Lipinski definition) is 3. The SMILES string of the molecule is CC(=O)Nc1cccc(-c2ccc(S(=O)(=O)n3ccc(C=CC(=O)Nc4ccccc4NC(=O)OC(C)(C)C)c3)cc2)c1. The van der Waals surface area contributed by atoms with Crippen LogP contribution >= 0.6 is 0 Å². The van der Waals surface area contributed by atoms with E-state index in [-0.39, 0.29) is 10.8 Å². The Labute approximate surface area is 250 Å². The van der Waals surface area contributed by atoms with E-state index in [1.165, 1.54) is 43.6 Å². The fourth-order valence-electron chi connectivity index (χ4n) is 4.02. The number of nitrogens with one attached hydrogen (secondary N) is 3. The third-order valence-electron chi connectivity index (χ3n) is 5.88. The topological polar surface area (TPSA) is 136 Å². The first-order valence-electron chi connectivity index (χ1n) is 13.3. The number of nitrogens with zero attached hydrogens (tertiary/aromatic N) is 1. The van der Waals surface area contributed by atoms with Crippen LogP contribution in [0.1, 0.15) is 33.3 Å². The van der Waals surface area contributed by atoms with Crippen molar-refractivity contribution in [3.63, 3.8) is 0 Å². The Morgan fingerprint density at radius 3 is 2.14 bits per heavy atom. The molecular formula is C32H32N4O6S. The zero-order chi connectivity index (χ0) is 31.2. The van der Waals surface area contributed by atoms with Gasteiger partial charge in [-0.25, -0.2) is 17.2 Å². The lowest BCUT2D eigenvalue weighted by molar-refractivity contribution is -0.114. The molecule has 3 N–H and O–H groups in total. The van der Waals surface area contributed by atoms with Crippen LogP contribution in [0.3, 0.4) is 0 Å². The summed E-state index contributed by atoms with van der Waals surface area (Å²) in [5, 5.41) is 8.05. The summed E-state index contributed by atoms with van der Waals surface area (Å²) in [5.74, 6) is -0.662. The summed E-state index contributed by atoms with van der Waals surface area (Å²) in [6, 6.07) is 21.9. The average molecular weight is 601 g/mol. The van der Waals surface area contributed by atoms with Gasteiger partial charge in [-0.1, -0.05) is 36.4 Å². The van der Waals surface area contributed by atoms with Crippen LogP contribution in [0.25, 0.3) is 17.2 Å². The monoisotopic (exact) mass is 600 g/mol. The average Bonchev–Trinajstić information content (AvgIpc) is 3.42. The van der Waals surface area contributed by atoms with Crippen molar-refractivity contribution < 1.29 is 27.5 Å². The third-order valence-corrected chi connectivity index (χ3v) is 7.53. The first-order valence-corrected chi connectivity index (χ1v) is 14.7. The molecule has 0 radical (unpaired) electrons. The minimum absolute atomic E-state index is 0.0900. The number of ether oxygens (including phenoxy) is 1. The molecule has 0 unspecified atom stereocenters. The maximum absolute atomic E-state index is 13.2. The summed E-state index contributed by atoms with van der Waals surface area (Å²) < 4.78 is 32.8. The predicted molar refractivity (Wildman–Crippen MR) is 167 cm³/mol. The van der Waals surface area contributed by atoms with E-state index in [1.807, 2.05) is 12.1 Å². The number of amides is 3. The molecule has 0 bridgehead atoms. The van der Waals surface area contributed by atoms with Crippen LogP contribution in [0, 0.1) is 0 Å². The van der Waals surface area contributed by atoms with Gasteiger partial charge in [-0.05, 0) is 86.0 Å². The maximum atomic E-state index is 13.2. The van der Waals surface area contributed by atoms with Gasteiger partial charge in [-0.15, -0.1) is 0 Å². The number of aromatic nitrogens is 1. The molecule has 3 aromatic carbocycles. The van der Waals surface area contributed by atoms with E-state index in [4.69, 9.17) is 4.74 Å². The lowest BCUT2D eigenvalue weighted by Gasteiger charge is -2.20. The van der Waals surface area contributed by atoms with Crippen LogP contribution in [0.5, 0.6) is 0 Å². The van der Waals surface area contributed by atoms with Crippen molar-refractivity contribution in [2.24, 2.45) is 0 Å². The predicted octanol–water partition coefficient (Wildman–Crippen LogP) is 6.35. The van der Waals surface area contributed by atoms with E-state index < -0.39 is 27.6 Å². The molecule has 11 heteroatoms. The number of carbonyl (C=O) groups is 3. The molecule has 4 aromatic rings. The van der Waals surface area contributed by atoms with Gasteiger partial charge in [0.25, 0.3) is 10.0 Å². The molecule has 0 atom stereocenters. The van der Waals surface area contributed by atoms with Crippen molar-refractivity contribution in [1.82, 2.24) is 3.97 Å². The third kappa shape index (κ3) is 8.43. The summed E-state index contributed by atoms with van der Waals surface area (Å²) in [7, 11) is -3.89. The van der Waals surface area contributed by atoms with Crippen molar-refractivity contribution in [3.8, 4) is 11.1 Å². The van der Waals surface area contributed by atoms with Gasteiger partial charge in [-0.2, -0.15) is 0 Å². The zero-order valence-electron chi connectivity index (χ0n) is 24.1. The molecule has 1 heterocycles. The standard InChI is InChI=1S/C32H32N4O6S/c1-22(37)33-26-9-7-8-25(20-26)24-13-15-27(16-14-24)43(40,41)36-19-18-23(21-36)12-17-30(38)34-28-10-5-6-11-29(28)35-31(39)42-32(2,3)4/h5-21H,1-4H3,(H,33,37)(H,34,38)(H,35,39). The first kappa shape index (κ1) is 30.8. The first-order chi connectivity index (χ1) is 20.3. The Kier molecular flexibility index (Phi) is 9.15. The number of hydrogen-bond acceptors (Lipinski definition) is 6. The van der Waals surface area contributed by atoms with E-state index in [9.17, 15) is 22.8 Å². The van der Waals surface area contributed by atoms with Crippen LogP contribution in [0.2, 0.25) is 0 Å². The molecule has 43 heavy (non-hydrogen) atoms. The van der Waals surface area contributed by atoms with E-state index in [0.29, 0.717) is 22.6 Å². The van der Waals surface area contributed by atoms with E-state index >= 15 is 0 Å². The number of rotatable bonds is 8. The Morgan fingerprint density at radius 1 is 0.814 bits per heavy atom. The number of para-hydroxylation sites is 2. The van der Waals surface area contributed by atoms with Gasteiger partial charge >= 0.3 is 6.09 Å². The molecule has 0 fully saturated rings. The van der Waals surface area contributed by atoms with Gasteiger partial charge in [0.05, 0.1) is 16.3 Å². The highest BCUT2D eigenvalue weighted by Crippen LogP contribution is 2.26. The number of anilines is 3. The van der Waals surface area contributed by atoms with Gasteiger partial charge in [-0.3, -0.25) is 14.9 Å². The van der Waals surface area contributed by atoms with Crippen molar-refractivity contribution in [1.29, 1.82) is 0 Å². The minimum Gasteiger partial charge on any atom is -0.444 e. The molecule has 0 spiro atoms. The molecule has 0 saturated carbocycles. The van der Waals surface area contributed by atoms with Crippen LogP contribution < -0.4 is 16.0 Å². The summed E-state index contributed by atoms with van der Waals surface area (Å²) in [4.78, 5) is 36.2. The Bertz CT molecular complexity index is 1780. The fourth-order valence-corrected chi connectivity index (χ4v) is 5.23. The number of carbonyl (C=O) groups excluding carboxylic acids is 3. The summed E-state index contributed by atoms with van der Waals surface area (Å²) in [6.07, 6.45) is 4.90. The van der Waals surface area contributed by atoms with Crippen LogP contribution in [0.4, 0.5) is 21.9 Å². The molecule has 222 valence electrons. The quantitative estimate of drug-likeness (QED) is 0.202. The fraction of sp³-hybridized carbons (Fsp3) is 0.156. The van der Waals surface area contributed by atoms with E-state index in [0.717, 1.165) is 15.1 Å². The maximum Gasteiger partial charge on any atom is 0.412 e. The molecule has 0 aliphatic carbocycles. The zero-order valence-corrected chi connectivity index (χ0v) is 24.9. The Morgan fingerprint density at radius 2 is 1.49 bits per heavy atom. The molecule has 0 saturated heterocycles. The second-order valence-electron chi connectivity index (χ2n) is 10.6. The normalized spacial score (nSPS) is 11.6. The van der Waals surface area contributed by atoms with Crippen molar-refractivity contribution in [3.05, 3.63) is 103 Å². The smallest absolute Gasteiger partial charge is 0.412 e. The Balaban J connectivity index is 1.42. The molecule has 4 rings (SSSR count). The van der Waals surface area contributed by atoms with Gasteiger partial charge in [0, 0.05) is 31.1 Å². The van der Waals surface area contributed by atoms with E-state index in [1.54, 1.807) is 75.4 Å². The van der Waals surface area contributed by atoms with Crippen molar-refractivity contribution in [2.45, 2.75) is 38.2 Å². The minimum atomic E-state index is -3.89. The van der Waals surface area contributed by atoms with Crippen molar-refractivity contribution in [2.75, 3.05) is 16.0 Å². The molecular weight excluding hydrogens is 568 g/mol.